The van der Waals surface area contributed by atoms with Crippen molar-refractivity contribution in [1.29, 1.82) is 0 Å². The van der Waals surface area contributed by atoms with Crippen molar-refractivity contribution in [2.45, 2.75) is 25.2 Å². The average Bonchev–Trinajstić information content (AvgIpc) is 2.67. The van der Waals surface area contributed by atoms with E-state index in [2.05, 4.69) is 10.1 Å². The van der Waals surface area contributed by atoms with Gasteiger partial charge < -0.3 is 10.1 Å². The highest BCUT2D eigenvalue weighted by Gasteiger charge is 2.63. The van der Waals surface area contributed by atoms with E-state index in [0.717, 1.165) is 5.56 Å². The molecular weight excluding hydrogens is 373 g/mol. The summed E-state index contributed by atoms with van der Waals surface area (Å²) in [4.78, 5) is 24.7. The minimum Gasteiger partial charge on any atom is -0.463 e. The van der Waals surface area contributed by atoms with Crippen molar-refractivity contribution in [2.24, 2.45) is 0 Å². The van der Waals surface area contributed by atoms with Gasteiger partial charge >= 0.3 is 12.1 Å². The monoisotopic (exact) mass is 394 g/mol. The molecule has 2 aromatic carbocycles. The van der Waals surface area contributed by atoms with Crippen LogP contribution in [0, 0.1) is 0 Å². The lowest BCUT2D eigenvalue weighted by Crippen LogP contribution is -2.73. The Morgan fingerprint density at radius 2 is 1.54 bits per heavy atom. The number of carbonyl (C=O) groups excluding carboxylic acids is 2. The number of hydrogen-bond acceptors (Lipinski definition) is 4. The fraction of sp³-hybridized carbons (Fsp3) is 0.300. The van der Waals surface area contributed by atoms with E-state index in [9.17, 15) is 22.8 Å². The van der Waals surface area contributed by atoms with Crippen LogP contribution in [-0.2, 0) is 16.0 Å². The predicted molar refractivity (Wildman–Crippen MR) is 97.5 cm³/mol. The molecule has 0 spiro atoms. The van der Waals surface area contributed by atoms with Gasteiger partial charge in [-0.1, -0.05) is 48.5 Å². The minimum atomic E-state index is -5.12. The molecule has 0 aliphatic rings. The normalized spacial score (nSPS) is 13.4. The molecule has 1 atom stereocenters. The summed E-state index contributed by atoms with van der Waals surface area (Å²) < 4.78 is 46.6. The standard InChI is InChI=1S/C20H21F3N2O3/c1-2-28-18(27)19(20(21,22)23,24-14-13-15-9-5-3-6-10-15)25-17(26)16-11-7-4-8-12-16/h3-12,24H,2,13-14H2,1H3,(H,25,26)/t19-/m0/s1. The zero-order chi connectivity index (χ0) is 20.6. The van der Waals surface area contributed by atoms with Crippen LogP contribution >= 0.6 is 0 Å². The number of carbonyl (C=O) groups is 2. The van der Waals surface area contributed by atoms with E-state index >= 15 is 0 Å². The highest BCUT2D eigenvalue weighted by molar-refractivity contribution is 5.98. The number of hydrogen-bond donors (Lipinski definition) is 2. The maximum Gasteiger partial charge on any atom is 0.436 e. The Morgan fingerprint density at radius 3 is 2.07 bits per heavy atom. The molecule has 0 bridgehead atoms. The van der Waals surface area contributed by atoms with E-state index < -0.39 is 23.7 Å². The molecule has 28 heavy (non-hydrogen) atoms. The molecule has 0 aromatic heterocycles. The third-order valence-corrected chi connectivity index (χ3v) is 3.99. The number of ether oxygens (including phenoxy) is 1. The van der Waals surface area contributed by atoms with Crippen molar-refractivity contribution in [3.05, 3.63) is 71.8 Å². The van der Waals surface area contributed by atoms with Crippen molar-refractivity contribution in [3.63, 3.8) is 0 Å². The van der Waals surface area contributed by atoms with Crippen LogP contribution in [0.15, 0.2) is 60.7 Å². The van der Waals surface area contributed by atoms with E-state index in [1.165, 1.54) is 31.2 Å². The van der Waals surface area contributed by atoms with Crippen LogP contribution in [-0.4, -0.2) is 36.9 Å². The van der Waals surface area contributed by atoms with Crippen LogP contribution in [0.5, 0.6) is 0 Å². The second-order valence-corrected chi connectivity index (χ2v) is 5.95. The van der Waals surface area contributed by atoms with Gasteiger partial charge in [0.2, 0.25) is 0 Å². The lowest BCUT2D eigenvalue weighted by molar-refractivity contribution is -0.218. The first-order valence-corrected chi connectivity index (χ1v) is 8.70. The largest absolute Gasteiger partial charge is 0.463 e. The summed E-state index contributed by atoms with van der Waals surface area (Å²) in [6.07, 6.45) is -4.90. The maximum absolute atomic E-state index is 14.0. The molecule has 2 N–H and O–H groups in total. The molecule has 150 valence electrons. The van der Waals surface area contributed by atoms with Crippen molar-refractivity contribution in [3.8, 4) is 0 Å². The smallest absolute Gasteiger partial charge is 0.436 e. The lowest BCUT2D eigenvalue weighted by atomic mass is 10.1. The summed E-state index contributed by atoms with van der Waals surface area (Å²) in [5.74, 6) is -2.65. The Bertz CT molecular complexity index is 782. The number of nitrogens with one attached hydrogen (secondary N) is 2. The zero-order valence-electron chi connectivity index (χ0n) is 15.3. The Morgan fingerprint density at radius 1 is 0.964 bits per heavy atom. The van der Waals surface area contributed by atoms with Crippen LogP contribution in [0.4, 0.5) is 13.2 Å². The van der Waals surface area contributed by atoms with Gasteiger partial charge in [0.15, 0.2) is 0 Å². The molecule has 0 fully saturated rings. The molecule has 0 radical (unpaired) electrons. The molecule has 0 saturated heterocycles. The summed E-state index contributed by atoms with van der Waals surface area (Å²) in [6.45, 7) is 0.914. The molecule has 0 aliphatic heterocycles. The van der Waals surface area contributed by atoms with E-state index in [4.69, 9.17) is 0 Å². The summed E-state index contributed by atoms with van der Waals surface area (Å²) in [5.41, 5.74) is -2.58. The van der Waals surface area contributed by atoms with E-state index in [-0.39, 0.29) is 25.1 Å². The zero-order valence-corrected chi connectivity index (χ0v) is 15.3. The fourth-order valence-electron chi connectivity index (χ4n) is 2.56. The number of rotatable bonds is 8. The Balaban J connectivity index is 2.28. The summed E-state index contributed by atoms with van der Waals surface area (Å²) in [6, 6.07) is 16.2. The molecule has 0 aliphatic carbocycles. The van der Waals surface area contributed by atoms with E-state index in [1.807, 2.05) is 5.32 Å². The van der Waals surface area contributed by atoms with Crippen LogP contribution in [0.1, 0.15) is 22.8 Å². The highest BCUT2D eigenvalue weighted by atomic mass is 19.4. The van der Waals surface area contributed by atoms with Crippen LogP contribution in [0.2, 0.25) is 0 Å². The first-order valence-electron chi connectivity index (χ1n) is 8.70. The Kier molecular flexibility index (Phi) is 7.17. The number of amides is 1. The second-order valence-electron chi connectivity index (χ2n) is 5.95. The summed E-state index contributed by atoms with van der Waals surface area (Å²) >= 11 is 0. The van der Waals surface area contributed by atoms with Crippen molar-refractivity contribution in [1.82, 2.24) is 10.6 Å². The van der Waals surface area contributed by atoms with Gasteiger partial charge in [0.05, 0.1) is 6.61 Å². The van der Waals surface area contributed by atoms with Gasteiger partial charge in [-0.2, -0.15) is 13.2 Å². The molecule has 1 amide bonds. The molecule has 0 heterocycles. The molecular formula is C20H21F3N2O3. The van der Waals surface area contributed by atoms with Gasteiger partial charge in [-0.15, -0.1) is 0 Å². The molecule has 0 saturated carbocycles. The SMILES string of the molecule is CCOC(=O)[C@](NCCc1ccccc1)(NC(=O)c1ccccc1)C(F)(F)F. The summed E-state index contributed by atoms with van der Waals surface area (Å²) in [5, 5.41) is 3.98. The van der Waals surface area contributed by atoms with E-state index in [0.29, 0.717) is 0 Å². The van der Waals surface area contributed by atoms with Gasteiger partial charge in [-0.05, 0) is 31.0 Å². The van der Waals surface area contributed by atoms with Gasteiger partial charge in [-0.25, -0.2) is 4.79 Å². The first-order chi connectivity index (χ1) is 13.3. The average molecular weight is 394 g/mol. The van der Waals surface area contributed by atoms with Crippen LogP contribution in [0.3, 0.4) is 0 Å². The molecule has 5 nitrogen and oxygen atoms in total. The molecule has 2 rings (SSSR count). The van der Waals surface area contributed by atoms with Crippen molar-refractivity contribution >= 4 is 11.9 Å². The third-order valence-electron chi connectivity index (χ3n) is 3.99. The highest BCUT2D eigenvalue weighted by Crippen LogP contribution is 2.30. The first kappa shape index (κ1) is 21.4. The Labute approximate surface area is 160 Å². The van der Waals surface area contributed by atoms with E-state index in [1.54, 1.807) is 36.4 Å². The number of esters is 1. The van der Waals surface area contributed by atoms with Gasteiger partial charge in [0, 0.05) is 12.1 Å². The number of benzene rings is 2. The number of halogens is 3. The van der Waals surface area contributed by atoms with Gasteiger partial charge in [0.25, 0.3) is 11.6 Å². The van der Waals surface area contributed by atoms with Crippen molar-refractivity contribution in [2.75, 3.05) is 13.2 Å². The van der Waals surface area contributed by atoms with Gasteiger partial charge in [-0.3, -0.25) is 10.1 Å². The second kappa shape index (κ2) is 9.36. The fourth-order valence-corrected chi connectivity index (χ4v) is 2.56. The summed E-state index contributed by atoms with van der Waals surface area (Å²) in [7, 11) is 0. The molecule has 8 heteroatoms. The Hall–Kier alpha value is -2.87. The quantitative estimate of drug-likeness (QED) is 0.534. The van der Waals surface area contributed by atoms with Crippen molar-refractivity contribution < 1.29 is 27.5 Å². The van der Waals surface area contributed by atoms with Crippen LogP contribution in [0.25, 0.3) is 0 Å². The lowest BCUT2D eigenvalue weighted by Gasteiger charge is -2.34. The molecule has 2 aromatic rings. The minimum absolute atomic E-state index is 0.00900. The predicted octanol–water partition coefficient (Wildman–Crippen LogP) is 3.07. The molecule has 0 unspecified atom stereocenters. The maximum atomic E-state index is 14.0. The third kappa shape index (κ3) is 5.10. The number of alkyl halides is 3. The van der Waals surface area contributed by atoms with Gasteiger partial charge in [0.1, 0.15) is 0 Å². The van der Waals surface area contributed by atoms with Crippen LogP contribution < -0.4 is 10.6 Å². The topological polar surface area (TPSA) is 67.4 Å².